The lowest BCUT2D eigenvalue weighted by molar-refractivity contribution is 0.117. The van der Waals surface area contributed by atoms with Crippen molar-refractivity contribution in [3.05, 3.63) is 0 Å². The molecule has 0 amide bonds. The predicted octanol–water partition coefficient (Wildman–Crippen LogP) is 2.05. The van der Waals surface area contributed by atoms with E-state index in [4.69, 9.17) is 5.73 Å². The monoisotopic (exact) mass is 240 g/mol. The van der Waals surface area contributed by atoms with Gasteiger partial charge in [0, 0.05) is 19.1 Å². The predicted molar refractivity (Wildman–Crippen MR) is 65.5 cm³/mol. The summed E-state index contributed by atoms with van der Waals surface area (Å²) in [5.74, 6) is 1.02. The van der Waals surface area contributed by atoms with E-state index in [1.165, 1.54) is 38.6 Å². The minimum absolute atomic E-state index is 0. The molecule has 1 saturated heterocycles. The molecule has 0 spiro atoms. The van der Waals surface area contributed by atoms with Crippen molar-refractivity contribution in [2.24, 2.45) is 11.7 Å². The van der Waals surface area contributed by atoms with Gasteiger partial charge in [0.25, 0.3) is 0 Å². The normalized spacial score (nSPS) is 31.5. The second-order valence-electron chi connectivity index (χ2n) is 4.23. The van der Waals surface area contributed by atoms with Crippen molar-refractivity contribution < 1.29 is 0 Å². The fourth-order valence-electron chi connectivity index (χ4n) is 3.00. The molecule has 2 unspecified atom stereocenters. The lowest BCUT2D eigenvalue weighted by Gasteiger charge is -2.37. The summed E-state index contributed by atoms with van der Waals surface area (Å²) in [6.07, 6.45) is 7.25. The van der Waals surface area contributed by atoms with Gasteiger partial charge in [-0.05, 0) is 38.1 Å². The van der Waals surface area contributed by atoms with Crippen LogP contribution in [-0.2, 0) is 0 Å². The average Bonchev–Trinajstić information content (AvgIpc) is 2.53. The van der Waals surface area contributed by atoms with Crippen molar-refractivity contribution in [2.45, 2.75) is 38.1 Å². The third kappa shape index (κ3) is 2.99. The summed E-state index contributed by atoms with van der Waals surface area (Å²) in [5.41, 5.74) is 5.60. The van der Waals surface area contributed by atoms with E-state index in [2.05, 4.69) is 4.90 Å². The molecule has 4 heteroatoms. The fourth-order valence-corrected chi connectivity index (χ4v) is 3.00. The van der Waals surface area contributed by atoms with Gasteiger partial charge < -0.3 is 5.73 Å². The van der Waals surface area contributed by atoms with Crippen molar-refractivity contribution in [1.29, 1.82) is 0 Å². The maximum Gasteiger partial charge on any atom is 0.0124 e. The van der Waals surface area contributed by atoms with Crippen LogP contribution in [0.15, 0.2) is 0 Å². The molecule has 2 fully saturated rings. The van der Waals surface area contributed by atoms with Crippen molar-refractivity contribution in [3.8, 4) is 0 Å². The Hall–Kier alpha value is 0.500. The highest BCUT2D eigenvalue weighted by Crippen LogP contribution is 2.36. The van der Waals surface area contributed by atoms with Gasteiger partial charge >= 0.3 is 0 Å². The number of piperidine rings is 1. The average molecular weight is 241 g/mol. The fraction of sp³-hybridized carbons (Fsp3) is 1.00. The smallest absolute Gasteiger partial charge is 0.0124 e. The summed E-state index contributed by atoms with van der Waals surface area (Å²) in [4.78, 5) is 2.63. The Kier molecular flexibility index (Phi) is 7.13. The highest BCUT2D eigenvalue weighted by atomic mass is 35.5. The Labute approximate surface area is 99.4 Å². The van der Waals surface area contributed by atoms with Crippen molar-refractivity contribution >= 4 is 24.8 Å². The number of nitrogens with two attached hydrogens (primary N) is 1. The molecule has 0 radical (unpaired) electrons. The summed E-state index contributed by atoms with van der Waals surface area (Å²) in [6, 6.07) is 0.905. The van der Waals surface area contributed by atoms with Gasteiger partial charge in [0.2, 0.25) is 0 Å². The number of halogens is 2. The Morgan fingerprint density at radius 1 is 1.07 bits per heavy atom. The molecule has 0 aromatic rings. The van der Waals surface area contributed by atoms with E-state index in [0.29, 0.717) is 0 Å². The zero-order valence-corrected chi connectivity index (χ0v) is 10.3. The number of likely N-dealkylation sites (tertiary alicyclic amines) is 1. The zero-order chi connectivity index (χ0) is 8.39. The zero-order valence-electron chi connectivity index (χ0n) is 8.65. The number of fused-ring (bicyclic) bond motifs is 1. The first kappa shape index (κ1) is 14.5. The van der Waals surface area contributed by atoms with Gasteiger partial charge in [-0.25, -0.2) is 0 Å². The summed E-state index contributed by atoms with van der Waals surface area (Å²) in [5, 5.41) is 0. The van der Waals surface area contributed by atoms with E-state index >= 15 is 0 Å². The molecule has 2 N–H and O–H groups in total. The Morgan fingerprint density at radius 3 is 2.50 bits per heavy atom. The molecule has 0 aromatic carbocycles. The largest absolute Gasteiger partial charge is 0.329 e. The molecular formula is C10H22Cl2N2. The maximum atomic E-state index is 5.60. The lowest BCUT2D eigenvalue weighted by Crippen LogP contribution is -2.44. The third-order valence-corrected chi connectivity index (χ3v) is 3.52. The van der Waals surface area contributed by atoms with Crippen LogP contribution in [0, 0.1) is 5.92 Å². The maximum absolute atomic E-state index is 5.60. The van der Waals surface area contributed by atoms with E-state index in [0.717, 1.165) is 25.0 Å². The highest BCUT2D eigenvalue weighted by molar-refractivity contribution is 5.85. The van der Waals surface area contributed by atoms with Crippen molar-refractivity contribution in [1.82, 2.24) is 4.90 Å². The van der Waals surface area contributed by atoms with Crippen LogP contribution in [-0.4, -0.2) is 30.6 Å². The SMILES string of the molecule is Cl.Cl.NCCN1CCCC2CCCC21. The van der Waals surface area contributed by atoms with Gasteiger partial charge in [-0.1, -0.05) is 6.42 Å². The van der Waals surface area contributed by atoms with E-state index in [9.17, 15) is 0 Å². The molecule has 1 aliphatic heterocycles. The number of nitrogens with zero attached hydrogens (tertiary/aromatic N) is 1. The second kappa shape index (κ2) is 6.89. The Morgan fingerprint density at radius 2 is 1.79 bits per heavy atom. The minimum atomic E-state index is 0. The van der Waals surface area contributed by atoms with Gasteiger partial charge in [-0.2, -0.15) is 0 Å². The van der Waals surface area contributed by atoms with Crippen LogP contribution in [0.25, 0.3) is 0 Å². The van der Waals surface area contributed by atoms with Crippen LogP contribution >= 0.6 is 24.8 Å². The minimum Gasteiger partial charge on any atom is -0.329 e. The molecule has 2 atom stereocenters. The van der Waals surface area contributed by atoms with E-state index < -0.39 is 0 Å². The van der Waals surface area contributed by atoms with Gasteiger partial charge in [-0.15, -0.1) is 24.8 Å². The number of rotatable bonds is 2. The van der Waals surface area contributed by atoms with Crippen LogP contribution in [0.5, 0.6) is 0 Å². The van der Waals surface area contributed by atoms with Crippen LogP contribution < -0.4 is 5.73 Å². The van der Waals surface area contributed by atoms with Crippen molar-refractivity contribution in [3.63, 3.8) is 0 Å². The first-order chi connectivity index (χ1) is 5.92. The summed E-state index contributed by atoms with van der Waals surface area (Å²) in [6.45, 7) is 3.27. The van der Waals surface area contributed by atoms with Gasteiger partial charge in [0.05, 0.1) is 0 Å². The topological polar surface area (TPSA) is 29.3 Å². The molecule has 2 nitrogen and oxygen atoms in total. The van der Waals surface area contributed by atoms with Crippen LogP contribution in [0.4, 0.5) is 0 Å². The molecule has 86 valence electrons. The van der Waals surface area contributed by atoms with Gasteiger partial charge in [0.15, 0.2) is 0 Å². The molecule has 1 heterocycles. The van der Waals surface area contributed by atoms with Crippen LogP contribution in [0.1, 0.15) is 32.1 Å². The quantitative estimate of drug-likeness (QED) is 0.801. The Balaban J connectivity index is 0.000000845. The summed E-state index contributed by atoms with van der Waals surface area (Å²) in [7, 11) is 0. The molecule has 1 saturated carbocycles. The van der Waals surface area contributed by atoms with Gasteiger partial charge in [-0.3, -0.25) is 4.90 Å². The molecule has 2 rings (SSSR count). The Bertz CT molecular complexity index is 153. The first-order valence-corrected chi connectivity index (χ1v) is 5.36. The number of hydrogen-bond acceptors (Lipinski definition) is 2. The second-order valence-corrected chi connectivity index (χ2v) is 4.23. The number of hydrogen-bond donors (Lipinski definition) is 1. The summed E-state index contributed by atoms with van der Waals surface area (Å²) < 4.78 is 0. The third-order valence-electron chi connectivity index (χ3n) is 3.52. The molecular weight excluding hydrogens is 219 g/mol. The van der Waals surface area contributed by atoms with E-state index in [1.807, 2.05) is 0 Å². The van der Waals surface area contributed by atoms with Crippen LogP contribution in [0.3, 0.4) is 0 Å². The molecule has 14 heavy (non-hydrogen) atoms. The molecule has 2 aliphatic rings. The highest BCUT2D eigenvalue weighted by Gasteiger charge is 2.34. The molecule has 1 aliphatic carbocycles. The van der Waals surface area contributed by atoms with Crippen molar-refractivity contribution in [2.75, 3.05) is 19.6 Å². The first-order valence-electron chi connectivity index (χ1n) is 5.36. The lowest BCUT2D eigenvalue weighted by atomic mass is 9.92. The van der Waals surface area contributed by atoms with E-state index in [1.54, 1.807) is 0 Å². The van der Waals surface area contributed by atoms with Crippen LogP contribution in [0.2, 0.25) is 0 Å². The molecule has 0 bridgehead atoms. The standard InChI is InChI=1S/C10H20N2.2ClH/c11-6-8-12-7-2-4-9-3-1-5-10(9)12;;/h9-10H,1-8,11H2;2*1H. The van der Waals surface area contributed by atoms with Gasteiger partial charge in [0.1, 0.15) is 0 Å². The summed E-state index contributed by atoms with van der Waals surface area (Å²) >= 11 is 0. The van der Waals surface area contributed by atoms with E-state index in [-0.39, 0.29) is 24.8 Å². The molecule has 0 aromatic heterocycles.